The summed E-state index contributed by atoms with van der Waals surface area (Å²) in [6.07, 6.45) is 3.58. The summed E-state index contributed by atoms with van der Waals surface area (Å²) in [5.41, 5.74) is 0.280. The van der Waals surface area contributed by atoms with Gasteiger partial charge in [-0.2, -0.15) is 0 Å². The fraction of sp³-hybridized carbons (Fsp3) is 0.147. The van der Waals surface area contributed by atoms with Crippen LogP contribution in [0.1, 0.15) is 28.3 Å². The van der Waals surface area contributed by atoms with Crippen LogP contribution in [0.3, 0.4) is 0 Å². The van der Waals surface area contributed by atoms with Crippen LogP contribution in [0.25, 0.3) is 12.2 Å². The highest BCUT2D eigenvalue weighted by Crippen LogP contribution is 2.51. The molecular formula is C34H26N4O8. The topological polar surface area (TPSA) is 173 Å². The first-order chi connectivity index (χ1) is 22.1. The highest BCUT2D eigenvalue weighted by Gasteiger charge is 2.68. The van der Waals surface area contributed by atoms with Gasteiger partial charge in [-0.15, -0.1) is 0 Å². The summed E-state index contributed by atoms with van der Waals surface area (Å²) in [6, 6.07) is 26.3. The molecule has 12 nitrogen and oxygen atoms in total. The number of amides is 2. The lowest BCUT2D eigenvalue weighted by Gasteiger charge is -2.31. The molecule has 0 saturated carbocycles. The molecule has 2 saturated heterocycles. The Morgan fingerprint density at radius 1 is 0.804 bits per heavy atom. The third kappa shape index (κ3) is 5.30. The van der Waals surface area contributed by atoms with Gasteiger partial charge in [0, 0.05) is 36.7 Å². The van der Waals surface area contributed by atoms with Crippen molar-refractivity contribution in [2.24, 2.45) is 11.8 Å². The molecule has 6 rings (SSSR count). The largest absolute Gasteiger partial charge is 0.480 e. The zero-order chi connectivity index (χ0) is 32.6. The van der Waals surface area contributed by atoms with E-state index >= 15 is 0 Å². The smallest absolute Gasteiger partial charge is 0.325 e. The van der Waals surface area contributed by atoms with Crippen molar-refractivity contribution in [1.82, 2.24) is 5.32 Å². The summed E-state index contributed by atoms with van der Waals surface area (Å²) in [5, 5.41) is 36.5. The lowest BCUT2D eigenvalue weighted by Crippen LogP contribution is -2.57. The number of hydrogen-bond donors (Lipinski definition) is 2. The summed E-state index contributed by atoms with van der Waals surface area (Å²) < 4.78 is 0. The molecule has 2 fully saturated rings. The molecule has 12 heteroatoms. The van der Waals surface area contributed by atoms with Crippen LogP contribution in [0.15, 0.2) is 103 Å². The van der Waals surface area contributed by atoms with Crippen LogP contribution in [0.5, 0.6) is 0 Å². The van der Waals surface area contributed by atoms with Gasteiger partial charge in [0.1, 0.15) is 5.54 Å². The second-order valence-electron chi connectivity index (χ2n) is 11.2. The number of carboxylic acids is 1. The fourth-order valence-corrected chi connectivity index (χ4v) is 6.35. The molecular weight excluding hydrogens is 592 g/mol. The van der Waals surface area contributed by atoms with Crippen LogP contribution in [0.4, 0.5) is 17.1 Å². The Balaban J connectivity index is 1.41. The molecule has 0 aromatic heterocycles. The number of nitro groups is 2. The van der Waals surface area contributed by atoms with Crippen molar-refractivity contribution in [2.45, 2.75) is 18.0 Å². The van der Waals surface area contributed by atoms with E-state index in [0.29, 0.717) is 11.1 Å². The van der Waals surface area contributed by atoms with Crippen LogP contribution in [0.2, 0.25) is 0 Å². The van der Waals surface area contributed by atoms with Crippen molar-refractivity contribution in [3.63, 3.8) is 0 Å². The number of nitrogens with one attached hydrogen (secondary N) is 1. The maximum atomic E-state index is 14.1. The van der Waals surface area contributed by atoms with E-state index in [9.17, 15) is 39.7 Å². The number of non-ortho nitro benzene ring substituents is 2. The minimum absolute atomic E-state index is 0.0339. The highest BCUT2D eigenvalue weighted by molar-refractivity contribution is 6.24. The van der Waals surface area contributed by atoms with Gasteiger partial charge >= 0.3 is 5.97 Å². The number of hydrogen-bond acceptors (Lipinski definition) is 8. The summed E-state index contributed by atoms with van der Waals surface area (Å²) in [7, 11) is 0. The number of carbonyl (C=O) groups excluding carboxylic acids is 2. The van der Waals surface area contributed by atoms with Gasteiger partial charge in [0.25, 0.3) is 11.4 Å². The van der Waals surface area contributed by atoms with Crippen molar-refractivity contribution in [2.75, 3.05) is 4.90 Å². The zero-order valence-electron chi connectivity index (χ0n) is 24.1. The maximum absolute atomic E-state index is 14.1. The number of rotatable bonds is 9. The van der Waals surface area contributed by atoms with Crippen molar-refractivity contribution < 1.29 is 29.3 Å². The first kappa shape index (κ1) is 30.0. The molecule has 46 heavy (non-hydrogen) atoms. The van der Waals surface area contributed by atoms with Gasteiger partial charge in [-0.25, -0.2) is 4.90 Å². The van der Waals surface area contributed by atoms with Crippen molar-refractivity contribution in [1.29, 1.82) is 0 Å². The van der Waals surface area contributed by atoms with Gasteiger partial charge in [0.15, 0.2) is 0 Å². The van der Waals surface area contributed by atoms with Gasteiger partial charge in [-0.3, -0.25) is 39.9 Å². The second kappa shape index (κ2) is 11.8. The van der Waals surface area contributed by atoms with Crippen LogP contribution in [0, 0.1) is 32.1 Å². The number of aliphatic carboxylic acids is 1. The van der Waals surface area contributed by atoms with Crippen LogP contribution >= 0.6 is 0 Å². The molecule has 230 valence electrons. The molecule has 4 unspecified atom stereocenters. The molecule has 2 aliphatic rings. The van der Waals surface area contributed by atoms with E-state index in [1.165, 1.54) is 42.5 Å². The number of fused-ring (bicyclic) bond motifs is 1. The quantitative estimate of drug-likeness (QED) is 0.111. The molecule has 2 aliphatic heterocycles. The van der Waals surface area contributed by atoms with E-state index in [-0.39, 0.29) is 23.5 Å². The maximum Gasteiger partial charge on any atom is 0.325 e. The van der Waals surface area contributed by atoms with Gasteiger partial charge in [0.2, 0.25) is 11.8 Å². The average Bonchev–Trinajstić information content (AvgIpc) is 3.54. The number of nitro benzene ring substituents is 2. The normalized spacial score (nSPS) is 22.3. The molecule has 2 heterocycles. The summed E-state index contributed by atoms with van der Waals surface area (Å²) in [6.45, 7) is 0. The Kier molecular flexibility index (Phi) is 7.72. The summed E-state index contributed by atoms with van der Waals surface area (Å²) >= 11 is 0. The summed E-state index contributed by atoms with van der Waals surface area (Å²) in [4.78, 5) is 63.7. The van der Waals surface area contributed by atoms with Gasteiger partial charge in [-0.05, 0) is 28.3 Å². The van der Waals surface area contributed by atoms with Crippen molar-refractivity contribution in [3.8, 4) is 0 Å². The minimum Gasteiger partial charge on any atom is -0.480 e. The van der Waals surface area contributed by atoms with E-state index in [2.05, 4.69) is 5.32 Å². The number of imide groups is 1. The molecule has 0 aliphatic carbocycles. The molecule has 0 radical (unpaired) electrons. The van der Waals surface area contributed by atoms with Crippen LogP contribution in [-0.2, 0) is 20.8 Å². The minimum atomic E-state index is -1.99. The molecule has 0 bridgehead atoms. The van der Waals surface area contributed by atoms with Gasteiger partial charge in [0.05, 0.1) is 27.4 Å². The fourth-order valence-electron chi connectivity index (χ4n) is 6.35. The molecule has 4 aromatic carbocycles. The predicted molar refractivity (Wildman–Crippen MR) is 167 cm³/mol. The number of carbonyl (C=O) groups is 3. The number of nitrogens with zero attached hydrogens (tertiary/aromatic N) is 3. The van der Waals surface area contributed by atoms with Gasteiger partial charge in [-0.1, -0.05) is 84.9 Å². The first-order valence-corrected chi connectivity index (χ1v) is 14.3. The van der Waals surface area contributed by atoms with Gasteiger partial charge < -0.3 is 5.11 Å². The third-order valence-corrected chi connectivity index (χ3v) is 8.53. The van der Waals surface area contributed by atoms with E-state index in [4.69, 9.17) is 0 Å². The third-order valence-electron chi connectivity index (χ3n) is 8.53. The monoisotopic (exact) mass is 618 g/mol. The second-order valence-corrected chi connectivity index (χ2v) is 11.2. The zero-order valence-corrected chi connectivity index (χ0v) is 24.1. The Bertz CT molecular complexity index is 1890. The van der Waals surface area contributed by atoms with E-state index in [0.717, 1.165) is 22.1 Å². The van der Waals surface area contributed by atoms with E-state index < -0.39 is 51.0 Å². The molecule has 0 spiro atoms. The Morgan fingerprint density at radius 2 is 1.43 bits per heavy atom. The summed E-state index contributed by atoms with van der Waals surface area (Å²) in [5.74, 6) is -5.43. The predicted octanol–water partition coefficient (Wildman–Crippen LogP) is 5.19. The number of benzene rings is 4. The average molecular weight is 619 g/mol. The highest BCUT2D eigenvalue weighted by atomic mass is 16.6. The lowest BCUT2D eigenvalue weighted by molar-refractivity contribution is -0.385. The van der Waals surface area contributed by atoms with E-state index in [1.54, 1.807) is 12.1 Å². The first-order valence-electron chi connectivity index (χ1n) is 14.3. The molecule has 2 N–H and O–H groups in total. The van der Waals surface area contributed by atoms with Crippen LogP contribution in [-0.4, -0.2) is 38.3 Å². The van der Waals surface area contributed by atoms with Crippen molar-refractivity contribution >= 4 is 47.0 Å². The Morgan fingerprint density at radius 3 is 2.04 bits per heavy atom. The molecule has 2 amide bonds. The number of anilines is 1. The van der Waals surface area contributed by atoms with Crippen molar-refractivity contribution in [3.05, 3.63) is 146 Å². The molecule has 4 atom stereocenters. The van der Waals surface area contributed by atoms with E-state index in [1.807, 2.05) is 54.6 Å². The Labute approximate surface area is 261 Å². The SMILES string of the molecule is O=C1C2C(c3ccc(/C=C/c4ccccc4)cc3)NC(Cc3ccc([N+](=O)[O-])cc3)(C(=O)O)C2C(=O)N1c1cccc([N+](=O)[O-])c1. The van der Waals surface area contributed by atoms with Crippen LogP contribution < -0.4 is 10.2 Å². The lowest BCUT2D eigenvalue weighted by atomic mass is 9.76. The number of carboxylic acid groups (broad SMARTS) is 1. The standard InChI is InChI=1S/C34H26N4O8/c39-31-28-29(32(40)36(31)26-7-4-8-27(19-26)38(45)46)34(33(41)42,20-23-13-17-25(18-14-23)37(43)44)35-30(28)24-15-11-22(12-16-24)10-9-21-5-2-1-3-6-21/h1-19,28-30,35H,20H2,(H,41,42)/b10-9+. The molecule has 4 aromatic rings. The Hall–Kier alpha value is -6.01.